The molecule has 0 radical (unpaired) electrons. The number of aliphatic imine (C=N–C) groups is 1. The average molecular weight is 441 g/mol. The summed E-state index contributed by atoms with van der Waals surface area (Å²) in [7, 11) is 0. The molecule has 1 aromatic heterocycles. The first kappa shape index (κ1) is 19.4. The molecule has 9 heteroatoms. The standard InChI is InChI=1S/C13H23N5O2S.HI/c14-12(15-2-1-9-20-10-8-19)17-4-6-18(7-5-17)13-16-3-11-21-13;/h3,11,19H,1-2,4-10H2,(H2,14,15);1H. The van der Waals surface area contributed by atoms with Crippen LogP contribution in [-0.4, -0.2) is 73.5 Å². The molecule has 0 spiro atoms. The third-order valence-corrected chi connectivity index (χ3v) is 4.08. The zero-order valence-corrected chi connectivity index (χ0v) is 15.7. The number of anilines is 1. The molecule has 22 heavy (non-hydrogen) atoms. The summed E-state index contributed by atoms with van der Waals surface area (Å²) < 4.78 is 5.18. The van der Waals surface area contributed by atoms with Gasteiger partial charge in [0.05, 0.1) is 13.2 Å². The minimum atomic E-state index is 0. The highest BCUT2D eigenvalue weighted by Gasteiger charge is 2.19. The van der Waals surface area contributed by atoms with Gasteiger partial charge in [-0.05, 0) is 6.42 Å². The molecule has 1 saturated heterocycles. The van der Waals surface area contributed by atoms with Crippen LogP contribution >= 0.6 is 35.3 Å². The maximum atomic E-state index is 8.58. The molecule has 1 aliphatic rings. The predicted molar refractivity (Wildman–Crippen MR) is 100 cm³/mol. The van der Waals surface area contributed by atoms with Gasteiger partial charge in [0.1, 0.15) is 0 Å². The van der Waals surface area contributed by atoms with Crippen molar-refractivity contribution in [3.8, 4) is 0 Å². The van der Waals surface area contributed by atoms with Gasteiger partial charge < -0.3 is 25.4 Å². The first-order valence-corrected chi connectivity index (χ1v) is 8.07. The average Bonchev–Trinajstić information content (AvgIpc) is 3.05. The molecule has 1 aliphatic heterocycles. The van der Waals surface area contributed by atoms with Gasteiger partial charge in [0.25, 0.3) is 0 Å². The first-order chi connectivity index (χ1) is 10.3. The van der Waals surface area contributed by atoms with Gasteiger partial charge in [0.15, 0.2) is 11.1 Å². The number of ether oxygens (including phenoxy) is 1. The summed E-state index contributed by atoms with van der Waals surface area (Å²) in [6.07, 6.45) is 2.65. The Labute approximate surface area is 152 Å². The number of aliphatic hydroxyl groups is 1. The Kier molecular flexibility index (Phi) is 9.68. The van der Waals surface area contributed by atoms with Crippen molar-refractivity contribution in [1.82, 2.24) is 9.88 Å². The summed E-state index contributed by atoms with van der Waals surface area (Å²) in [5.74, 6) is 0.607. The lowest BCUT2D eigenvalue weighted by Crippen LogP contribution is -2.51. The van der Waals surface area contributed by atoms with Crippen molar-refractivity contribution < 1.29 is 9.84 Å². The Hall–Kier alpha value is -0.650. The number of piperazine rings is 1. The normalized spacial score (nSPS) is 15.8. The molecule has 1 fully saturated rings. The smallest absolute Gasteiger partial charge is 0.191 e. The predicted octanol–water partition coefficient (Wildman–Crippen LogP) is 0.597. The Morgan fingerprint density at radius 1 is 1.36 bits per heavy atom. The molecule has 0 aliphatic carbocycles. The molecule has 0 aromatic carbocycles. The van der Waals surface area contributed by atoms with Crippen LogP contribution in [0.1, 0.15) is 6.42 Å². The van der Waals surface area contributed by atoms with Crippen LogP contribution in [0.3, 0.4) is 0 Å². The topological polar surface area (TPSA) is 87.2 Å². The van der Waals surface area contributed by atoms with Gasteiger partial charge in [-0.1, -0.05) is 0 Å². The van der Waals surface area contributed by atoms with Crippen molar-refractivity contribution in [3.63, 3.8) is 0 Å². The van der Waals surface area contributed by atoms with Gasteiger partial charge in [-0.2, -0.15) is 0 Å². The first-order valence-electron chi connectivity index (χ1n) is 7.19. The van der Waals surface area contributed by atoms with Crippen LogP contribution < -0.4 is 10.6 Å². The molecular formula is C13H24IN5O2S. The van der Waals surface area contributed by atoms with E-state index in [1.165, 1.54) is 0 Å². The molecule has 2 heterocycles. The summed E-state index contributed by atoms with van der Waals surface area (Å²) in [6, 6.07) is 0. The van der Waals surface area contributed by atoms with Gasteiger partial charge in [-0.15, -0.1) is 35.3 Å². The van der Waals surface area contributed by atoms with E-state index in [0.29, 0.717) is 25.7 Å². The number of rotatable bonds is 7. The van der Waals surface area contributed by atoms with Gasteiger partial charge in [0.2, 0.25) is 0 Å². The number of halogens is 1. The number of hydrogen-bond donors (Lipinski definition) is 2. The van der Waals surface area contributed by atoms with Crippen LogP contribution in [0.25, 0.3) is 0 Å². The molecule has 0 atom stereocenters. The summed E-state index contributed by atoms with van der Waals surface area (Å²) in [6.45, 7) is 5.30. The van der Waals surface area contributed by atoms with Crippen LogP contribution in [0.5, 0.6) is 0 Å². The number of aliphatic hydroxyl groups excluding tert-OH is 1. The Morgan fingerprint density at radius 2 is 2.14 bits per heavy atom. The maximum Gasteiger partial charge on any atom is 0.191 e. The number of aromatic nitrogens is 1. The highest BCUT2D eigenvalue weighted by atomic mass is 127. The molecule has 126 valence electrons. The van der Waals surface area contributed by atoms with E-state index >= 15 is 0 Å². The Morgan fingerprint density at radius 3 is 2.77 bits per heavy atom. The van der Waals surface area contributed by atoms with Crippen LogP contribution in [0.15, 0.2) is 16.6 Å². The second-order valence-corrected chi connectivity index (χ2v) is 5.59. The molecule has 7 nitrogen and oxygen atoms in total. The quantitative estimate of drug-likeness (QED) is 0.279. The van der Waals surface area contributed by atoms with E-state index in [9.17, 15) is 0 Å². The molecule has 1 aromatic rings. The summed E-state index contributed by atoms with van der Waals surface area (Å²) in [5, 5.41) is 11.7. The van der Waals surface area contributed by atoms with E-state index in [2.05, 4.69) is 19.8 Å². The SMILES string of the molecule is I.NC(=NCCCOCCO)N1CCN(c2nccs2)CC1. The summed E-state index contributed by atoms with van der Waals surface area (Å²) in [5.41, 5.74) is 6.02. The monoisotopic (exact) mass is 441 g/mol. The second kappa shape index (κ2) is 11.0. The Bertz CT molecular complexity index is 424. The highest BCUT2D eigenvalue weighted by molar-refractivity contribution is 14.0. The summed E-state index contributed by atoms with van der Waals surface area (Å²) in [4.78, 5) is 13.1. The lowest BCUT2D eigenvalue weighted by atomic mass is 10.3. The fourth-order valence-corrected chi connectivity index (χ4v) is 2.82. The van der Waals surface area contributed by atoms with Gasteiger partial charge >= 0.3 is 0 Å². The van der Waals surface area contributed by atoms with Crippen molar-refractivity contribution in [2.45, 2.75) is 6.42 Å². The molecule has 0 unspecified atom stereocenters. The number of nitrogens with two attached hydrogens (primary N) is 1. The largest absolute Gasteiger partial charge is 0.394 e. The van der Waals surface area contributed by atoms with E-state index < -0.39 is 0 Å². The fourth-order valence-electron chi connectivity index (χ4n) is 2.13. The zero-order valence-electron chi connectivity index (χ0n) is 12.6. The van der Waals surface area contributed by atoms with Gasteiger partial charge in [-0.3, -0.25) is 4.99 Å². The number of thiazole rings is 1. The van der Waals surface area contributed by atoms with Crippen molar-refractivity contribution in [1.29, 1.82) is 0 Å². The maximum absolute atomic E-state index is 8.58. The molecule has 0 bridgehead atoms. The summed E-state index contributed by atoms with van der Waals surface area (Å²) >= 11 is 1.67. The molecule has 2 rings (SSSR count). The van der Waals surface area contributed by atoms with E-state index in [0.717, 1.165) is 37.7 Å². The fraction of sp³-hybridized carbons (Fsp3) is 0.692. The van der Waals surface area contributed by atoms with Gasteiger partial charge in [0, 0.05) is 50.9 Å². The lowest BCUT2D eigenvalue weighted by Gasteiger charge is -2.35. The lowest BCUT2D eigenvalue weighted by molar-refractivity contribution is 0.0917. The number of nitrogens with zero attached hydrogens (tertiary/aromatic N) is 4. The van der Waals surface area contributed by atoms with E-state index in [-0.39, 0.29) is 30.6 Å². The van der Waals surface area contributed by atoms with Crippen LogP contribution in [-0.2, 0) is 4.74 Å². The van der Waals surface area contributed by atoms with Crippen molar-refractivity contribution in [2.75, 3.05) is 57.4 Å². The molecule has 3 N–H and O–H groups in total. The van der Waals surface area contributed by atoms with E-state index in [4.69, 9.17) is 15.6 Å². The molecule has 0 amide bonds. The Balaban J connectivity index is 0.00000242. The molecular weight excluding hydrogens is 417 g/mol. The van der Waals surface area contributed by atoms with E-state index in [1.54, 1.807) is 11.3 Å². The van der Waals surface area contributed by atoms with E-state index in [1.807, 2.05) is 11.6 Å². The van der Waals surface area contributed by atoms with Crippen LogP contribution in [0.2, 0.25) is 0 Å². The zero-order chi connectivity index (χ0) is 14.9. The number of hydrogen-bond acceptors (Lipinski definition) is 6. The third kappa shape index (κ3) is 6.23. The third-order valence-electron chi connectivity index (χ3n) is 3.25. The number of guanidine groups is 1. The van der Waals surface area contributed by atoms with Gasteiger partial charge in [-0.25, -0.2) is 4.98 Å². The van der Waals surface area contributed by atoms with Crippen LogP contribution in [0.4, 0.5) is 5.13 Å². The van der Waals surface area contributed by atoms with Crippen molar-refractivity contribution in [3.05, 3.63) is 11.6 Å². The second-order valence-electron chi connectivity index (χ2n) is 4.72. The van der Waals surface area contributed by atoms with Crippen molar-refractivity contribution >= 4 is 46.4 Å². The minimum Gasteiger partial charge on any atom is -0.394 e. The van der Waals surface area contributed by atoms with Crippen LogP contribution in [0, 0.1) is 0 Å². The highest BCUT2D eigenvalue weighted by Crippen LogP contribution is 2.18. The molecule has 0 saturated carbocycles. The minimum absolute atomic E-state index is 0. The van der Waals surface area contributed by atoms with Crippen molar-refractivity contribution in [2.24, 2.45) is 10.7 Å².